The molecule has 1 aliphatic heterocycles. The van der Waals surface area contributed by atoms with Gasteiger partial charge in [-0.3, -0.25) is 0 Å². The molecule has 2 N–H and O–H groups in total. The van der Waals surface area contributed by atoms with Gasteiger partial charge in [-0.15, -0.1) is 0 Å². The predicted molar refractivity (Wildman–Crippen MR) is 53.4 cm³/mol. The van der Waals surface area contributed by atoms with Crippen molar-refractivity contribution < 1.29 is 8.42 Å². The van der Waals surface area contributed by atoms with Crippen molar-refractivity contribution in [1.29, 1.82) is 0 Å². The zero-order valence-electron chi connectivity index (χ0n) is 8.07. The smallest absolute Gasteiger partial charge is 0.151 e. The number of nitrogens with two attached hydrogens (primary N) is 1. The fourth-order valence-corrected chi connectivity index (χ4v) is 3.51. The van der Waals surface area contributed by atoms with Gasteiger partial charge in [0.25, 0.3) is 0 Å². The maximum absolute atomic E-state index is 11.3. The van der Waals surface area contributed by atoms with Gasteiger partial charge in [0, 0.05) is 19.1 Å². The van der Waals surface area contributed by atoms with Gasteiger partial charge < -0.3 is 10.6 Å². The third kappa shape index (κ3) is 3.25. The van der Waals surface area contributed by atoms with Crippen LogP contribution in [0.2, 0.25) is 0 Å². The van der Waals surface area contributed by atoms with E-state index in [-0.39, 0.29) is 6.04 Å². The fraction of sp³-hybridized carbons (Fsp3) is 1.00. The van der Waals surface area contributed by atoms with Gasteiger partial charge >= 0.3 is 0 Å². The number of likely N-dealkylation sites (N-methyl/N-ethyl adjacent to an activating group) is 1. The van der Waals surface area contributed by atoms with Crippen molar-refractivity contribution in [3.05, 3.63) is 0 Å². The Morgan fingerprint density at radius 3 is 2.77 bits per heavy atom. The van der Waals surface area contributed by atoms with Crippen LogP contribution in [0.5, 0.6) is 0 Å². The van der Waals surface area contributed by atoms with Gasteiger partial charge in [-0.25, -0.2) is 8.42 Å². The Bertz CT molecular complexity index is 251. The van der Waals surface area contributed by atoms with Crippen LogP contribution in [0, 0.1) is 0 Å². The molecule has 0 spiro atoms. The minimum absolute atomic E-state index is 0.183. The Balaban J connectivity index is 2.51. The van der Waals surface area contributed by atoms with E-state index in [1.807, 2.05) is 7.05 Å². The monoisotopic (exact) mass is 206 g/mol. The van der Waals surface area contributed by atoms with E-state index in [0.29, 0.717) is 18.1 Å². The van der Waals surface area contributed by atoms with Crippen molar-refractivity contribution in [2.45, 2.75) is 18.9 Å². The lowest BCUT2D eigenvalue weighted by atomic mass is 10.1. The van der Waals surface area contributed by atoms with Crippen LogP contribution >= 0.6 is 0 Å². The Morgan fingerprint density at radius 1 is 1.54 bits per heavy atom. The molecule has 0 aromatic carbocycles. The first-order valence-corrected chi connectivity index (χ1v) is 6.48. The van der Waals surface area contributed by atoms with E-state index in [1.165, 1.54) is 0 Å². The molecule has 1 unspecified atom stereocenters. The lowest BCUT2D eigenvalue weighted by Gasteiger charge is -2.30. The molecule has 1 fully saturated rings. The zero-order valence-corrected chi connectivity index (χ0v) is 8.89. The molecule has 78 valence electrons. The molecule has 0 amide bonds. The van der Waals surface area contributed by atoms with Crippen LogP contribution in [0.3, 0.4) is 0 Å². The molecule has 1 atom stereocenters. The second kappa shape index (κ2) is 4.39. The normalized spacial score (nSPS) is 27.8. The summed E-state index contributed by atoms with van der Waals surface area (Å²) in [7, 11) is -0.835. The van der Waals surface area contributed by atoms with E-state index < -0.39 is 9.84 Å². The zero-order chi connectivity index (χ0) is 9.90. The Labute approximate surface area is 80.0 Å². The molecule has 0 saturated carbocycles. The van der Waals surface area contributed by atoms with Crippen LogP contribution in [0.25, 0.3) is 0 Å². The number of hydrogen-bond donors (Lipinski definition) is 1. The molecule has 0 aliphatic carbocycles. The average molecular weight is 206 g/mol. The van der Waals surface area contributed by atoms with Crippen molar-refractivity contribution in [3.63, 3.8) is 0 Å². The topological polar surface area (TPSA) is 63.4 Å². The molecule has 1 heterocycles. The third-order valence-corrected chi connectivity index (χ3v) is 4.35. The van der Waals surface area contributed by atoms with E-state index in [1.54, 1.807) is 0 Å². The highest BCUT2D eigenvalue weighted by Crippen LogP contribution is 2.15. The highest BCUT2D eigenvalue weighted by Gasteiger charge is 2.26. The minimum Gasteiger partial charge on any atom is -0.329 e. The number of hydrogen-bond acceptors (Lipinski definition) is 4. The van der Waals surface area contributed by atoms with Gasteiger partial charge in [-0.2, -0.15) is 0 Å². The molecule has 1 rings (SSSR count). The standard InChI is InChI=1S/C8H18N2O2S/c1-10(5-4-9)8-3-2-6-13(11,12)7-8/h8H,2-7,9H2,1H3. The van der Waals surface area contributed by atoms with Crippen molar-refractivity contribution in [2.24, 2.45) is 5.73 Å². The summed E-state index contributed by atoms with van der Waals surface area (Å²) in [6, 6.07) is 0.183. The SMILES string of the molecule is CN(CCN)C1CCCS(=O)(=O)C1. The molecule has 1 saturated heterocycles. The highest BCUT2D eigenvalue weighted by atomic mass is 32.2. The number of rotatable bonds is 3. The Morgan fingerprint density at radius 2 is 2.23 bits per heavy atom. The summed E-state index contributed by atoms with van der Waals surface area (Å²) in [4.78, 5) is 2.05. The molecule has 0 aromatic rings. The van der Waals surface area contributed by atoms with Crippen molar-refractivity contribution in [3.8, 4) is 0 Å². The van der Waals surface area contributed by atoms with Crippen LogP contribution < -0.4 is 5.73 Å². The maximum Gasteiger partial charge on any atom is 0.151 e. The first kappa shape index (κ1) is 10.9. The van der Waals surface area contributed by atoms with E-state index in [0.717, 1.165) is 19.4 Å². The summed E-state index contributed by atoms with van der Waals surface area (Å²) in [6.07, 6.45) is 1.78. The van der Waals surface area contributed by atoms with Crippen molar-refractivity contribution in [2.75, 3.05) is 31.6 Å². The van der Waals surface area contributed by atoms with Crippen molar-refractivity contribution in [1.82, 2.24) is 4.90 Å². The molecule has 0 radical (unpaired) electrons. The summed E-state index contributed by atoms with van der Waals surface area (Å²) < 4.78 is 22.6. The van der Waals surface area contributed by atoms with Crippen LogP contribution in [-0.2, 0) is 9.84 Å². The van der Waals surface area contributed by atoms with E-state index in [9.17, 15) is 8.42 Å². The quantitative estimate of drug-likeness (QED) is 0.673. The molecular formula is C8H18N2O2S. The largest absolute Gasteiger partial charge is 0.329 e. The molecule has 5 heteroatoms. The van der Waals surface area contributed by atoms with Crippen molar-refractivity contribution >= 4 is 9.84 Å². The predicted octanol–water partition coefficient (Wildman–Crippen LogP) is -0.546. The summed E-state index contributed by atoms with van der Waals surface area (Å²) in [6.45, 7) is 1.37. The van der Waals surface area contributed by atoms with Crippen LogP contribution in [0.1, 0.15) is 12.8 Å². The van der Waals surface area contributed by atoms with Gasteiger partial charge in [0.2, 0.25) is 0 Å². The van der Waals surface area contributed by atoms with Gasteiger partial charge in [-0.1, -0.05) is 0 Å². The van der Waals surface area contributed by atoms with E-state index in [2.05, 4.69) is 4.90 Å². The molecule has 13 heavy (non-hydrogen) atoms. The molecule has 1 aliphatic rings. The number of nitrogens with zero attached hydrogens (tertiary/aromatic N) is 1. The van der Waals surface area contributed by atoms with Crippen LogP contribution in [-0.4, -0.2) is 51.0 Å². The highest BCUT2D eigenvalue weighted by molar-refractivity contribution is 7.91. The molecular weight excluding hydrogens is 188 g/mol. The van der Waals surface area contributed by atoms with E-state index >= 15 is 0 Å². The number of sulfone groups is 1. The van der Waals surface area contributed by atoms with Gasteiger partial charge in [0.15, 0.2) is 9.84 Å². The Hall–Kier alpha value is -0.130. The second-order valence-corrected chi connectivity index (χ2v) is 5.91. The van der Waals surface area contributed by atoms with Gasteiger partial charge in [0.05, 0.1) is 11.5 Å². The van der Waals surface area contributed by atoms with Gasteiger partial charge in [-0.05, 0) is 19.9 Å². The lowest BCUT2D eigenvalue weighted by molar-refractivity contribution is 0.248. The summed E-state index contributed by atoms with van der Waals surface area (Å²) in [5.74, 6) is 0.670. The first-order chi connectivity index (χ1) is 6.05. The summed E-state index contributed by atoms with van der Waals surface area (Å²) in [5, 5.41) is 0. The molecule has 4 nitrogen and oxygen atoms in total. The summed E-state index contributed by atoms with van der Waals surface area (Å²) >= 11 is 0. The fourth-order valence-electron chi connectivity index (χ4n) is 1.73. The third-order valence-electron chi connectivity index (χ3n) is 2.54. The molecule has 0 aromatic heterocycles. The van der Waals surface area contributed by atoms with Gasteiger partial charge in [0.1, 0.15) is 0 Å². The van der Waals surface area contributed by atoms with E-state index in [4.69, 9.17) is 5.73 Å². The maximum atomic E-state index is 11.3. The first-order valence-electron chi connectivity index (χ1n) is 4.66. The Kier molecular flexibility index (Phi) is 3.70. The minimum atomic E-state index is -2.78. The average Bonchev–Trinajstić information content (AvgIpc) is 2.03. The lowest BCUT2D eigenvalue weighted by Crippen LogP contribution is -2.43. The van der Waals surface area contributed by atoms with Crippen LogP contribution in [0.4, 0.5) is 0 Å². The van der Waals surface area contributed by atoms with Crippen LogP contribution in [0.15, 0.2) is 0 Å². The molecule has 0 bridgehead atoms. The summed E-state index contributed by atoms with van der Waals surface area (Å²) in [5.41, 5.74) is 5.41. The second-order valence-electron chi connectivity index (χ2n) is 3.68.